The van der Waals surface area contributed by atoms with Gasteiger partial charge in [0.2, 0.25) is 10.0 Å². The molecule has 134 valence electrons. The van der Waals surface area contributed by atoms with Crippen molar-refractivity contribution in [3.05, 3.63) is 40.8 Å². The van der Waals surface area contributed by atoms with E-state index in [1.807, 2.05) is 16.8 Å². The fraction of sp³-hybridized carbons (Fsp3) is 0.357. The van der Waals surface area contributed by atoms with Crippen molar-refractivity contribution in [2.75, 3.05) is 25.9 Å². The number of carbonyl (C=O) groups is 2. The second kappa shape index (κ2) is 6.84. The van der Waals surface area contributed by atoms with Crippen molar-refractivity contribution in [2.45, 2.75) is 6.04 Å². The van der Waals surface area contributed by atoms with E-state index in [2.05, 4.69) is 10.4 Å². The SMILES string of the molecule is CS(=O)(=O)N1CCN(C(=O)NCC(c2ccsc2)n2cccn2)C1=O. The Bertz CT molecular complexity index is 814. The number of nitrogens with zero attached hydrogens (tertiary/aromatic N) is 4. The van der Waals surface area contributed by atoms with Crippen LogP contribution in [0, 0.1) is 0 Å². The molecule has 3 rings (SSSR count). The van der Waals surface area contributed by atoms with Crippen molar-refractivity contribution in [3.8, 4) is 0 Å². The molecule has 0 aromatic carbocycles. The fourth-order valence-electron chi connectivity index (χ4n) is 2.59. The Balaban J connectivity index is 1.68. The smallest absolute Gasteiger partial charge is 0.335 e. The molecule has 1 aliphatic heterocycles. The lowest BCUT2D eigenvalue weighted by Gasteiger charge is -2.20. The summed E-state index contributed by atoms with van der Waals surface area (Å²) in [6.07, 6.45) is 4.38. The highest BCUT2D eigenvalue weighted by molar-refractivity contribution is 7.88. The summed E-state index contributed by atoms with van der Waals surface area (Å²) in [7, 11) is -3.67. The van der Waals surface area contributed by atoms with Crippen molar-refractivity contribution >= 4 is 33.4 Å². The molecule has 0 bridgehead atoms. The highest BCUT2D eigenvalue weighted by Gasteiger charge is 2.38. The van der Waals surface area contributed by atoms with Crippen molar-refractivity contribution in [3.63, 3.8) is 0 Å². The molecule has 0 aliphatic carbocycles. The van der Waals surface area contributed by atoms with Gasteiger partial charge in [0, 0.05) is 18.9 Å². The van der Waals surface area contributed by atoms with Gasteiger partial charge in [0.25, 0.3) is 0 Å². The molecule has 0 spiro atoms. The molecule has 2 aromatic heterocycles. The van der Waals surface area contributed by atoms with E-state index < -0.39 is 22.1 Å². The van der Waals surface area contributed by atoms with E-state index in [1.54, 1.807) is 23.1 Å². The van der Waals surface area contributed by atoms with Gasteiger partial charge in [-0.3, -0.25) is 4.68 Å². The standard InChI is InChI=1S/C14H17N5O4S2/c1-25(22,23)19-7-6-17(14(19)21)13(20)15-9-12(11-3-8-24-10-11)18-5-2-4-16-18/h2-5,8,10,12H,6-7,9H2,1H3,(H,15,20). The molecule has 1 unspecified atom stereocenters. The van der Waals surface area contributed by atoms with Crippen LogP contribution in [-0.2, 0) is 10.0 Å². The molecular formula is C14H17N5O4S2. The quantitative estimate of drug-likeness (QED) is 0.827. The Morgan fingerprint density at radius 2 is 2.24 bits per heavy atom. The third kappa shape index (κ3) is 3.66. The monoisotopic (exact) mass is 383 g/mol. The highest BCUT2D eigenvalue weighted by Crippen LogP contribution is 2.20. The summed E-state index contributed by atoms with van der Waals surface area (Å²) in [4.78, 5) is 25.3. The lowest BCUT2D eigenvalue weighted by molar-refractivity contribution is 0.193. The van der Waals surface area contributed by atoms with Crippen molar-refractivity contribution in [1.29, 1.82) is 0 Å². The molecule has 0 saturated carbocycles. The van der Waals surface area contributed by atoms with Crippen LogP contribution in [0.3, 0.4) is 0 Å². The van der Waals surface area contributed by atoms with E-state index in [9.17, 15) is 18.0 Å². The molecule has 1 aliphatic rings. The number of thiophene rings is 1. The average molecular weight is 383 g/mol. The summed E-state index contributed by atoms with van der Waals surface area (Å²) in [6.45, 7) is 0.223. The van der Waals surface area contributed by atoms with Crippen LogP contribution in [0.2, 0.25) is 0 Å². The van der Waals surface area contributed by atoms with Crippen LogP contribution in [-0.4, -0.2) is 65.4 Å². The summed E-state index contributed by atoms with van der Waals surface area (Å²) in [5, 5.41) is 10.8. The van der Waals surface area contributed by atoms with Gasteiger partial charge in [0.15, 0.2) is 0 Å². The van der Waals surface area contributed by atoms with Crippen LogP contribution in [0.5, 0.6) is 0 Å². The number of urea groups is 2. The predicted octanol–water partition coefficient (Wildman–Crippen LogP) is 0.941. The van der Waals surface area contributed by atoms with E-state index in [0.29, 0.717) is 4.31 Å². The molecule has 1 atom stereocenters. The van der Waals surface area contributed by atoms with Gasteiger partial charge in [0.05, 0.1) is 25.4 Å². The fourth-order valence-corrected chi connectivity index (χ4v) is 4.09. The largest absolute Gasteiger partial charge is 0.341 e. The Hall–Kier alpha value is -2.40. The first-order valence-corrected chi connectivity index (χ1v) is 10.3. The first-order chi connectivity index (χ1) is 11.9. The molecule has 1 N–H and O–H groups in total. The van der Waals surface area contributed by atoms with Gasteiger partial charge in [-0.1, -0.05) is 0 Å². The first kappa shape index (κ1) is 17.4. The van der Waals surface area contributed by atoms with Crippen molar-refractivity contribution < 1.29 is 18.0 Å². The Labute approximate surface area is 148 Å². The minimum absolute atomic E-state index is 0.0296. The molecule has 4 amide bonds. The van der Waals surface area contributed by atoms with Crippen LogP contribution in [0.1, 0.15) is 11.6 Å². The number of hydrogen-bond donors (Lipinski definition) is 1. The summed E-state index contributed by atoms with van der Waals surface area (Å²) >= 11 is 1.54. The Morgan fingerprint density at radius 3 is 2.80 bits per heavy atom. The van der Waals surface area contributed by atoms with Crippen LogP contribution < -0.4 is 5.32 Å². The lowest BCUT2D eigenvalue weighted by Crippen LogP contribution is -2.45. The number of aromatic nitrogens is 2. The van der Waals surface area contributed by atoms with Crippen LogP contribution >= 0.6 is 11.3 Å². The maximum absolute atomic E-state index is 12.3. The molecule has 1 saturated heterocycles. The molecule has 9 nitrogen and oxygen atoms in total. The van der Waals surface area contributed by atoms with Gasteiger partial charge in [0.1, 0.15) is 0 Å². The molecular weight excluding hydrogens is 366 g/mol. The van der Waals surface area contributed by atoms with E-state index >= 15 is 0 Å². The summed E-state index contributed by atoms with van der Waals surface area (Å²) in [5.74, 6) is 0. The summed E-state index contributed by atoms with van der Waals surface area (Å²) in [6, 6.07) is 2.06. The molecule has 3 heterocycles. The molecule has 11 heteroatoms. The Morgan fingerprint density at radius 1 is 1.44 bits per heavy atom. The second-order valence-electron chi connectivity index (χ2n) is 5.51. The third-order valence-corrected chi connectivity index (χ3v) is 5.68. The first-order valence-electron chi connectivity index (χ1n) is 7.46. The Kier molecular flexibility index (Phi) is 4.77. The number of nitrogens with one attached hydrogen (secondary N) is 1. The molecule has 2 aromatic rings. The average Bonchev–Trinajstić information content (AvgIpc) is 3.28. The van der Waals surface area contributed by atoms with Crippen molar-refractivity contribution in [2.24, 2.45) is 0 Å². The topological polar surface area (TPSA) is 105 Å². The van der Waals surface area contributed by atoms with Gasteiger partial charge < -0.3 is 5.32 Å². The zero-order chi connectivity index (χ0) is 18.0. The summed E-state index contributed by atoms with van der Waals surface area (Å²) in [5.41, 5.74) is 0.986. The number of sulfonamides is 1. The zero-order valence-corrected chi connectivity index (χ0v) is 15.0. The minimum Gasteiger partial charge on any atom is -0.335 e. The van der Waals surface area contributed by atoms with Gasteiger partial charge in [-0.2, -0.15) is 16.4 Å². The normalized spacial score (nSPS) is 16.3. The lowest BCUT2D eigenvalue weighted by atomic mass is 10.1. The molecule has 25 heavy (non-hydrogen) atoms. The van der Waals surface area contributed by atoms with Gasteiger partial charge >= 0.3 is 12.1 Å². The minimum atomic E-state index is -3.67. The van der Waals surface area contributed by atoms with Crippen molar-refractivity contribution in [1.82, 2.24) is 24.3 Å². The molecule has 0 radical (unpaired) electrons. The predicted molar refractivity (Wildman–Crippen MR) is 91.7 cm³/mol. The maximum atomic E-state index is 12.3. The van der Waals surface area contributed by atoms with Crippen LogP contribution in [0.15, 0.2) is 35.3 Å². The van der Waals surface area contributed by atoms with E-state index in [-0.39, 0.29) is 25.7 Å². The number of hydrogen-bond acceptors (Lipinski definition) is 6. The van der Waals surface area contributed by atoms with Crippen LogP contribution in [0.25, 0.3) is 0 Å². The number of carbonyl (C=O) groups excluding carboxylic acids is 2. The third-order valence-electron chi connectivity index (χ3n) is 3.84. The number of rotatable bonds is 5. The molecule has 1 fully saturated rings. The second-order valence-corrected chi connectivity index (χ2v) is 8.20. The maximum Gasteiger partial charge on any atom is 0.341 e. The van der Waals surface area contributed by atoms with Gasteiger partial charge in [-0.25, -0.2) is 27.2 Å². The number of amides is 4. The van der Waals surface area contributed by atoms with E-state index in [1.165, 1.54) is 11.3 Å². The van der Waals surface area contributed by atoms with Crippen LogP contribution in [0.4, 0.5) is 9.59 Å². The number of imide groups is 1. The van der Waals surface area contributed by atoms with Gasteiger partial charge in [-0.15, -0.1) is 0 Å². The van der Waals surface area contributed by atoms with E-state index in [0.717, 1.165) is 16.7 Å². The highest BCUT2D eigenvalue weighted by atomic mass is 32.2. The zero-order valence-electron chi connectivity index (χ0n) is 13.4. The van der Waals surface area contributed by atoms with Gasteiger partial charge in [-0.05, 0) is 28.5 Å². The summed E-state index contributed by atoms with van der Waals surface area (Å²) < 4.78 is 25.5. The van der Waals surface area contributed by atoms with E-state index in [4.69, 9.17) is 0 Å².